The van der Waals surface area contributed by atoms with Crippen molar-refractivity contribution in [3.05, 3.63) is 59.7 Å². The van der Waals surface area contributed by atoms with Gasteiger partial charge in [-0.3, -0.25) is 10.1 Å². The molecule has 0 bridgehead atoms. The summed E-state index contributed by atoms with van der Waals surface area (Å²) in [5.74, 6) is 0.291. The van der Waals surface area contributed by atoms with Crippen molar-refractivity contribution in [3.8, 4) is 11.8 Å². The van der Waals surface area contributed by atoms with Crippen LogP contribution in [0.3, 0.4) is 0 Å². The minimum absolute atomic E-state index is 0.163. The molecule has 1 saturated carbocycles. The van der Waals surface area contributed by atoms with Gasteiger partial charge in [-0.2, -0.15) is 5.26 Å². The van der Waals surface area contributed by atoms with E-state index >= 15 is 0 Å². The monoisotopic (exact) mass is 406 g/mol. The second-order valence-electron chi connectivity index (χ2n) is 7.44. The number of benzene rings is 2. The normalized spacial score (nSPS) is 14.4. The number of carbonyl (C=O) groups is 2. The number of anilines is 1. The van der Waals surface area contributed by atoms with Crippen LogP contribution in [-0.2, 0) is 11.4 Å². The molecule has 2 aromatic rings. The minimum atomic E-state index is -0.570. The second-order valence-corrected chi connectivity index (χ2v) is 7.44. The van der Waals surface area contributed by atoms with Crippen LogP contribution in [0.1, 0.15) is 43.7 Å². The molecular weight excluding hydrogens is 380 g/mol. The van der Waals surface area contributed by atoms with Crippen molar-refractivity contribution in [1.29, 1.82) is 5.26 Å². The summed E-state index contributed by atoms with van der Waals surface area (Å²) in [6.07, 6.45) is 4.16. The summed E-state index contributed by atoms with van der Waals surface area (Å²) in [6, 6.07) is 15.7. The quantitative estimate of drug-likeness (QED) is 0.650. The molecule has 0 aliphatic heterocycles. The van der Waals surface area contributed by atoms with Gasteiger partial charge in [-0.25, -0.2) is 4.79 Å². The predicted octanol–water partition coefficient (Wildman–Crippen LogP) is 3.71. The Morgan fingerprint density at radius 1 is 1.17 bits per heavy atom. The fourth-order valence-corrected chi connectivity index (χ4v) is 3.37. The highest BCUT2D eigenvalue weighted by molar-refractivity contribution is 5.98. The number of imide groups is 1. The number of carbonyl (C=O) groups excluding carboxylic acids is 2. The van der Waals surface area contributed by atoms with E-state index in [1.54, 1.807) is 31.2 Å². The summed E-state index contributed by atoms with van der Waals surface area (Å²) < 4.78 is 5.75. The zero-order valence-electron chi connectivity index (χ0n) is 17.0. The predicted molar refractivity (Wildman–Crippen MR) is 114 cm³/mol. The molecule has 1 fully saturated rings. The van der Waals surface area contributed by atoms with Crippen LogP contribution in [0.4, 0.5) is 10.5 Å². The number of hydrogen-bond donors (Lipinski definition) is 3. The number of rotatable bonds is 7. The molecular formula is C23H26N4O3. The molecule has 3 rings (SSSR count). The zero-order valence-corrected chi connectivity index (χ0v) is 17.0. The van der Waals surface area contributed by atoms with Crippen molar-refractivity contribution in [2.24, 2.45) is 0 Å². The molecule has 7 heteroatoms. The van der Waals surface area contributed by atoms with Gasteiger partial charge in [-0.05, 0) is 61.7 Å². The van der Waals surface area contributed by atoms with Gasteiger partial charge in [0.1, 0.15) is 18.4 Å². The van der Waals surface area contributed by atoms with Crippen LogP contribution in [0.5, 0.6) is 5.75 Å². The van der Waals surface area contributed by atoms with Crippen LogP contribution in [0.25, 0.3) is 0 Å². The summed E-state index contributed by atoms with van der Waals surface area (Å²) in [5, 5.41) is 17.2. The number of nitrogens with one attached hydrogen (secondary N) is 3. The highest BCUT2D eigenvalue weighted by atomic mass is 16.5. The summed E-state index contributed by atoms with van der Waals surface area (Å²) in [4.78, 5) is 24.2. The lowest BCUT2D eigenvalue weighted by molar-refractivity contribution is -0.120. The summed E-state index contributed by atoms with van der Waals surface area (Å²) >= 11 is 0. The van der Waals surface area contributed by atoms with Crippen LogP contribution in [0.15, 0.2) is 48.5 Å². The van der Waals surface area contributed by atoms with Crippen molar-refractivity contribution < 1.29 is 14.3 Å². The van der Waals surface area contributed by atoms with Crippen LogP contribution >= 0.6 is 0 Å². The van der Waals surface area contributed by atoms with Crippen molar-refractivity contribution in [1.82, 2.24) is 10.6 Å². The zero-order chi connectivity index (χ0) is 21.3. The van der Waals surface area contributed by atoms with Crippen molar-refractivity contribution in [3.63, 3.8) is 0 Å². The molecule has 0 heterocycles. The van der Waals surface area contributed by atoms with Crippen molar-refractivity contribution >= 4 is 17.6 Å². The molecule has 3 N–H and O–H groups in total. The highest BCUT2D eigenvalue weighted by Crippen LogP contribution is 2.19. The van der Waals surface area contributed by atoms with E-state index in [2.05, 4.69) is 22.0 Å². The van der Waals surface area contributed by atoms with Gasteiger partial charge in [-0.1, -0.05) is 25.0 Å². The Hall–Kier alpha value is -3.53. The van der Waals surface area contributed by atoms with Gasteiger partial charge in [0.15, 0.2) is 0 Å². The first-order valence-electron chi connectivity index (χ1n) is 10.1. The van der Waals surface area contributed by atoms with E-state index in [1.165, 1.54) is 0 Å². The highest BCUT2D eigenvalue weighted by Gasteiger charge is 2.20. The summed E-state index contributed by atoms with van der Waals surface area (Å²) in [7, 11) is 0. The molecule has 1 aliphatic rings. The molecule has 2 aromatic carbocycles. The Balaban J connectivity index is 1.45. The third-order valence-corrected chi connectivity index (χ3v) is 5.02. The number of hydrogen-bond acceptors (Lipinski definition) is 5. The minimum Gasteiger partial charge on any atom is -0.489 e. The average molecular weight is 406 g/mol. The largest absolute Gasteiger partial charge is 0.489 e. The van der Waals surface area contributed by atoms with Crippen LogP contribution in [0.2, 0.25) is 0 Å². The van der Waals surface area contributed by atoms with Crippen molar-refractivity contribution in [2.75, 3.05) is 5.32 Å². The van der Waals surface area contributed by atoms with Crippen LogP contribution in [-0.4, -0.2) is 24.0 Å². The molecule has 3 amide bonds. The molecule has 156 valence electrons. The molecule has 30 heavy (non-hydrogen) atoms. The smallest absolute Gasteiger partial charge is 0.321 e. The number of nitriles is 1. The van der Waals surface area contributed by atoms with Crippen LogP contribution < -0.4 is 20.7 Å². The number of amides is 3. The Kier molecular flexibility index (Phi) is 7.28. The fraction of sp³-hybridized carbons (Fsp3) is 0.348. The lowest BCUT2D eigenvalue weighted by Gasteiger charge is -2.17. The van der Waals surface area contributed by atoms with Gasteiger partial charge >= 0.3 is 6.03 Å². The number of nitrogens with zero attached hydrogens (tertiary/aromatic N) is 1. The Morgan fingerprint density at radius 2 is 1.90 bits per heavy atom. The molecule has 1 unspecified atom stereocenters. The average Bonchev–Trinajstić information content (AvgIpc) is 3.26. The molecule has 0 spiro atoms. The number of ether oxygens (including phenoxy) is 1. The lowest BCUT2D eigenvalue weighted by atomic mass is 10.1. The van der Waals surface area contributed by atoms with E-state index < -0.39 is 12.1 Å². The Labute approximate surface area is 176 Å². The molecule has 0 saturated heterocycles. The summed E-state index contributed by atoms with van der Waals surface area (Å²) in [6.45, 7) is 2.06. The van der Waals surface area contributed by atoms with Gasteiger partial charge in [0.25, 0.3) is 0 Å². The number of urea groups is 1. The molecule has 1 aliphatic carbocycles. The van der Waals surface area contributed by atoms with Gasteiger partial charge in [0, 0.05) is 11.7 Å². The topological polar surface area (TPSA) is 103 Å². The van der Waals surface area contributed by atoms with Gasteiger partial charge in [0.05, 0.1) is 11.6 Å². The van der Waals surface area contributed by atoms with Gasteiger partial charge in [0.2, 0.25) is 5.91 Å². The Bertz CT molecular complexity index is 915. The first-order chi connectivity index (χ1) is 14.5. The van der Waals surface area contributed by atoms with Crippen molar-refractivity contribution in [2.45, 2.75) is 51.3 Å². The molecule has 1 atom stereocenters. The molecule has 0 radical (unpaired) electrons. The maximum Gasteiger partial charge on any atom is 0.321 e. The third kappa shape index (κ3) is 6.24. The van der Waals surface area contributed by atoms with E-state index in [1.807, 2.05) is 24.3 Å². The molecule has 0 aromatic heterocycles. The Morgan fingerprint density at radius 3 is 2.60 bits per heavy atom. The second kappa shape index (κ2) is 10.3. The van der Waals surface area contributed by atoms with Gasteiger partial charge in [-0.15, -0.1) is 0 Å². The fourth-order valence-electron chi connectivity index (χ4n) is 3.37. The molecule has 7 nitrogen and oxygen atoms in total. The van der Waals surface area contributed by atoms with E-state index in [-0.39, 0.29) is 11.9 Å². The lowest BCUT2D eigenvalue weighted by Crippen LogP contribution is -2.48. The van der Waals surface area contributed by atoms with Gasteiger partial charge < -0.3 is 15.4 Å². The van der Waals surface area contributed by atoms with E-state index in [0.29, 0.717) is 17.9 Å². The SMILES string of the molecule is CC(Nc1ccc(OCc2cccc(C#N)c2)cc1)C(=O)NC(=O)NC1CCCC1. The maximum absolute atomic E-state index is 12.2. The first-order valence-corrected chi connectivity index (χ1v) is 10.1. The van der Waals surface area contributed by atoms with Crippen LogP contribution in [0, 0.1) is 11.3 Å². The van der Waals surface area contributed by atoms with E-state index in [9.17, 15) is 9.59 Å². The van der Waals surface area contributed by atoms with E-state index in [0.717, 1.165) is 36.9 Å². The van der Waals surface area contributed by atoms with E-state index in [4.69, 9.17) is 10.00 Å². The first kappa shape index (κ1) is 21.2. The summed E-state index contributed by atoms with van der Waals surface area (Å²) in [5.41, 5.74) is 2.25. The third-order valence-electron chi connectivity index (χ3n) is 5.02. The maximum atomic E-state index is 12.2. The standard InChI is InChI=1S/C23H26N4O3/c1-16(22(28)27-23(29)26-19-7-2-3-8-19)25-20-9-11-21(12-10-20)30-15-18-6-4-5-17(13-18)14-24/h4-6,9-13,16,19,25H,2-3,7-8,15H2,1H3,(H2,26,27,28,29).